The Hall–Kier alpha value is -4.22. The number of carbonyl (C=O) groups excluding carboxylic acids is 5. The molecule has 214 valence electrons. The van der Waals surface area contributed by atoms with Crippen LogP contribution < -0.4 is 20.9 Å². The molecule has 12 heteroatoms. The number of hydrogen-bond acceptors (Lipinski definition) is 6. The molecule has 2 aliphatic rings. The number of carbonyl (C=O) groups is 5. The minimum atomic E-state index is -0.886. The lowest BCUT2D eigenvalue weighted by Gasteiger charge is -2.33. The van der Waals surface area contributed by atoms with Gasteiger partial charge < -0.3 is 20.9 Å². The lowest BCUT2D eigenvalue weighted by Crippen LogP contribution is -2.58. The maximum atomic E-state index is 14.0. The summed E-state index contributed by atoms with van der Waals surface area (Å²) in [7, 11) is 2.94. The van der Waals surface area contributed by atoms with Crippen molar-refractivity contribution in [3.8, 4) is 0 Å². The van der Waals surface area contributed by atoms with Gasteiger partial charge >= 0.3 is 0 Å². The molecule has 1 aromatic heterocycles. The minimum Gasteiger partial charge on any atom is -0.359 e. The average Bonchev–Trinajstić information content (AvgIpc) is 3.58. The van der Waals surface area contributed by atoms with Crippen LogP contribution in [-0.4, -0.2) is 76.9 Å². The Morgan fingerprint density at radius 2 is 1.95 bits per heavy atom. The molecule has 0 fully saturated rings. The Morgan fingerprint density at radius 3 is 2.62 bits per heavy atom. The van der Waals surface area contributed by atoms with Crippen molar-refractivity contribution in [1.82, 2.24) is 31.0 Å². The Balaban J connectivity index is 1.55. The average molecular weight is 552 g/mol. The first kappa shape index (κ1) is 28.8. The van der Waals surface area contributed by atoms with Crippen LogP contribution in [0.25, 0.3) is 0 Å². The first-order chi connectivity index (χ1) is 19.2. The van der Waals surface area contributed by atoms with E-state index in [4.69, 9.17) is 0 Å². The van der Waals surface area contributed by atoms with Gasteiger partial charge in [0.25, 0.3) is 0 Å². The zero-order valence-corrected chi connectivity index (χ0v) is 23.3. The van der Waals surface area contributed by atoms with Crippen molar-refractivity contribution >= 4 is 35.2 Å². The highest BCUT2D eigenvalue weighted by Crippen LogP contribution is 2.39. The quantitative estimate of drug-likeness (QED) is 0.314. The van der Waals surface area contributed by atoms with E-state index in [2.05, 4.69) is 26.1 Å². The minimum absolute atomic E-state index is 0.226. The number of rotatable bonds is 10. The second kappa shape index (κ2) is 12.3. The maximum absolute atomic E-state index is 14.0. The largest absolute Gasteiger partial charge is 0.359 e. The molecule has 4 atom stereocenters. The van der Waals surface area contributed by atoms with Crippen molar-refractivity contribution in [2.75, 3.05) is 19.0 Å². The summed E-state index contributed by atoms with van der Waals surface area (Å²) in [5.74, 6) is -2.28. The number of aryl methyl sites for hydroxylation is 1. The predicted octanol–water partition coefficient (Wildman–Crippen LogP) is 0.424. The van der Waals surface area contributed by atoms with E-state index in [9.17, 15) is 24.0 Å². The van der Waals surface area contributed by atoms with Gasteiger partial charge in [-0.25, -0.2) is 0 Å². The second-order valence-electron chi connectivity index (χ2n) is 10.4. The van der Waals surface area contributed by atoms with Crippen molar-refractivity contribution in [1.29, 1.82) is 0 Å². The zero-order chi connectivity index (χ0) is 29.0. The van der Waals surface area contributed by atoms with E-state index in [1.165, 1.54) is 23.9 Å². The molecule has 12 nitrogen and oxygen atoms in total. The number of H-pyrrole nitrogens is 1. The first-order valence-corrected chi connectivity index (χ1v) is 13.6. The van der Waals surface area contributed by atoms with Crippen LogP contribution in [0.1, 0.15) is 49.9 Å². The topological polar surface area (TPSA) is 157 Å². The van der Waals surface area contributed by atoms with Gasteiger partial charge in [-0.1, -0.05) is 38.5 Å². The second-order valence-corrected chi connectivity index (χ2v) is 10.4. The molecular formula is C28H37N7O5. The molecule has 0 spiro atoms. The van der Waals surface area contributed by atoms with Gasteiger partial charge in [0.15, 0.2) is 0 Å². The normalized spacial score (nSPS) is 19.2. The van der Waals surface area contributed by atoms with E-state index in [1.54, 1.807) is 12.3 Å². The Kier molecular flexibility index (Phi) is 8.86. The van der Waals surface area contributed by atoms with Gasteiger partial charge in [0, 0.05) is 26.7 Å². The number of para-hydroxylation sites is 1. The highest BCUT2D eigenvalue weighted by Gasteiger charge is 2.44. The number of nitrogens with zero attached hydrogens (tertiary/aromatic N) is 3. The first-order valence-electron chi connectivity index (χ1n) is 13.6. The molecule has 2 aliphatic heterocycles. The fourth-order valence-electron chi connectivity index (χ4n) is 5.46. The summed E-state index contributed by atoms with van der Waals surface area (Å²) < 4.78 is 0. The molecule has 0 aliphatic carbocycles. The number of benzene rings is 1. The molecule has 1 aromatic carbocycles. The van der Waals surface area contributed by atoms with Gasteiger partial charge in [-0.3, -0.25) is 34.0 Å². The summed E-state index contributed by atoms with van der Waals surface area (Å²) in [6, 6.07) is 5.03. The molecule has 40 heavy (non-hydrogen) atoms. The summed E-state index contributed by atoms with van der Waals surface area (Å²) >= 11 is 0. The number of aromatic amines is 1. The van der Waals surface area contributed by atoms with Crippen LogP contribution in [0.15, 0.2) is 30.5 Å². The lowest BCUT2D eigenvalue weighted by atomic mass is 9.95. The standard InChI is InChI=1S/C28H37N7O5/c1-5-16(2)24(34(4)23(37)14-22(36)29-3)27(39)32-20-10-9-17-7-6-8-18-13-21(35(25(17)18)28(20)40)26(38)30-15-19-11-12-31-33-19/h6-8,11-12,16,20-21,24H,5,9-10,13-15H2,1-4H3,(H,29,36)(H,30,38)(H,31,33)(H,32,39)/t16-,20?,21?,24-/m0/s1. The van der Waals surface area contributed by atoms with Gasteiger partial charge in [-0.15, -0.1) is 0 Å². The third kappa shape index (κ3) is 5.85. The van der Waals surface area contributed by atoms with Crippen molar-refractivity contribution < 1.29 is 24.0 Å². The summed E-state index contributed by atoms with van der Waals surface area (Å²) in [5.41, 5.74) is 3.34. The van der Waals surface area contributed by atoms with Gasteiger partial charge in [-0.05, 0) is 36.0 Å². The lowest BCUT2D eigenvalue weighted by molar-refractivity contribution is -0.144. The molecule has 2 unspecified atom stereocenters. The van der Waals surface area contributed by atoms with Crippen molar-refractivity contribution in [3.63, 3.8) is 0 Å². The fraction of sp³-hybridized carbons (Fsp3) is 0.500. The highest BCUT2D eigenvalue weighted by molar-refractivity contribution is 6.08. The van der Waals surface area contributed by atoms with Crippen LogP contribution in [-0.2, 0) is 43.4 Å². The molecule has 0 bridgehead atoms. The molecule has 3 heterocycles. The monoisotopic (exact) mass is 551 g/mol. The highest BCUT2D eigenvalue weighted by atomic mass is 16.2. The number of aromatic nitrogens is 2. The van der Waals surface area contributed by atoms with Crippen LogP contribution in [0.4, 0.5) is 5.69 Å². The van der Waals surface area contributed by atoms with E-state index < -0.39 is 35.8 Å². The third-order valence-corrected chi connectivity index (χ3v) is 7.89. The molecule has 0 saturated carbocycles. The molecular weight excluding hydrogens is 514 g/mol. The SMILES string of the molecule is CC[C@H](C)[C@@H](C(=O)NC1CCc2cccc3c2N(C1=O)C(C(=O)NCc1ccn[nH]1)C3)N(C)C(=O)CC(=O)NC. The summed E-state index contributed by atoms with van der Waals surface area (Å²) in [5, 5.41) is 14.9. The Morgan fingerprint density at radius 1 is 1.20 bits per heavy atom. The van der Waals surface area contributed by atoms with Crippen LogP contribution in [0.3, 0.4) is 0 Å². The molecule has 0 radical (unpaired) electrons. The third-order valence-electron chi connectivity index (χ3n) is 7.89. The number of hydrogen-bond donors (Lipinski definition) is 4. The molecule has 0 saturated heterocycles. The summed E-state index contributed by atoms with van der Waals surface area (Å²) in [6.45, 7) is 4.01. The van der Waals surface area contributed by atoms with E-state index >= 15 is 0 Å². The van der Waals surface area contributed by atoms with Crippen LogP contribution in [0, 0.1) is 5.92 Å². The maximum Gasteiger partial charge on any atom is 0.250 e. The number of anilines is 1. The van der Waals surface area contributed by atoms with Gasteiger partial charge in [-0.2, -0.15) is 5.10 Å². The molecule has 4 rings (SSSR count). The fourth-order valence-corrected chi connectivity index (χ4v) is 5.46. The van der Waals surface area contributed by atoms with E-state index in [0.717, 1.165) is 22.5 Å². The zero-order valence-electron chi connectivity index (χ0n) is 23.3. The number of nitrogens with one attached hydrogen (secondary N) is 4. The number of likely N-dealkylation sites (N-methyl/N-ethyl adjacent to an activating group) is 1. The van der Waals surface area contributed by atoms with Crippen LogP contribution in [0.2, 0.25) is 0 Å². The Bertz CT molecular complexity index is 1280. The van der Waals surface area contributed by atoms with Crippen molar-refractivity contribution in [2.24, 2.45) is 5.92 Å². The number of amides is 5. The summed E-state index contributed by atoms with van der Waals surface area (Å²) in [4.78, 5) is 68.3. The smallest absolute Gasteiger partial charge is 0.250 e. The van der Waals surface area contributed by atoms with Gasteiger partial charge in [0.2, 0.25) is 29.5 Å². The van der Waals surface area contributed by atoms with E-state index in [0.29, 0.717) is 25.7 Å². The van der Waals surface area contributed by atoms with Crippen molar-refractivity contribution in [3.05, 3.63) is 47.3 Å². The van der Waals surface area contributed by atoms with Gasteiger partial charge in [0.05, 0.1) is 17.9 Å². The van der Waals surface area contributed by atoms with Crippen LogP contribution in [0.5, 0.6) is 0 Å². The van der Waals surface area contributed by atoms with E-state index in [-0.39, 0.29) is 30.7 Å². The van der Waals surface area contributed by atoms with Crippen LogP contribution >= 0.6 is 0 Å². The van der Waals surface area contributed by atoms with Crippen molar-refractivity contribution in [2.45, 2.75) is 70.6 Å². The predicted molar refractivity (Wildman–Crippen MR) is 147 cm³/mol. The van der Waals surface area contributed by atoms with E-state index in [1.807, 2.05) is 32.0 Å². The Labute approximate surface area is 233 Å². The summed E-state index contributed by atoms with van der Waals surface area (Å²) in [6.07, 6.45) is 3.09. The molecule has 4 N–H and O–H groups in total. The van der Waals surface area contributed by atoms with Gasteiger partial charge in [0.1, 0.15) is 24.5 Å². The molecule has 5 amide bonds. The molecule has 2 aromatic rings.